The molecule has 19 heavy (non-hydrogen) atoms. The largest absolute Gasteiger partial charge is 0.462 e. The van der Waals surface area contributed by atoms with Gasteiger partial charge in [0.2, 0.25) is 5.91 Å². The predicted molar refractivity (Wildman–Crippen MR) is 73.5 cm³/mol. The van der Waals surface area contributed by atoms with Crippen molar-refractivity contribution in [3.63, 3.8) is 0 Å². The normalized spacial score (nSPS) is 10.8. The van der Waals surface area contributed by atoms with E-state index in [-0.39, 0.29) is 12.5 Å². The SMILES string of the molecule is Cc1ccc(C=CC(=O)Nc2ccc(CO)cc2)o1. The molecule has 1 aromatic heterocycles. The van der Waals surface area contributed by atoms with Crippen LogP contribution in [0.5, 0.6) is 0 Å². The molecular formula is C15H15NO3. The number of nitrogens with one attached hydrogen (secondary N) is 1. The molecule has 0 aliphatic heterocycles. The number of anilines is 1. The van der Waals surface area contributed by atoms with Gasteiger partial charge >= 0.3 is 0 Å². The van der Waals surface area contributed by atoms with Gasteiger partial charge < -0.3 is 14.8 Å². The van der Waals surface area contributed by atoms with E-state index in [2.05, 4.69) is 5.32 Å². The second-order valence-electron chi connectivity index (χ2n) is 4.13. The number of rotatable bonds is 4. The summed E-state index contributed by atoms with van der Waals surface area (Å²) < 4.78 is 5.32. The molecule has 0 aliphatic carbocycles. The minimum atomic E-state index is -0.231. The number of amides is 1. The lowest BCUT2D eigenvalue weighted by Crippen LogP contribution is -2.07. The third-order valence-corrected chi connectivity index (χ3v) is 2.56. The number of aliphatic hydroxyl groups is 1. The fourth-order valence-electron chi connectivity index (χ4n) is 1.58. The number of hydrogen-bond donors (Lipinski definition) is 2. The van der Waals surface area contributed by atoms with Gasteiger partial charge in [-0.1, -0.05) is 12.1 Å². The molecule has 2 aromatic rings. The first-order valence-electron chi connectivity index (χ1n) is 5.92. The van der Waals surface area contributed by atoms with Gasteiger partial charge in [0.25, 0.3) is 0 Å². The highest BCUT2D eigenvalue weighted by molar-refractivity contribution is 6.01. The molecule has 98 valence electrons. The van der Waals surface area contributed by atoms with Gasteiger partial charge in [-0.2, -0.15) is 0 Å². The molecule has 0 saturated carbocycles. The summed E-state index contributed by atoms with van der Waals surface area (Å²) in [6.07, 6.45) is 3.03. The van der Waals surface area contributed by atoms with Gasteiger partial charge in [-0.3, -0.25) is 4.79 Å². The average molecular weight is 257 g/mol. The first kappa shape index (κ1) is 13.1. The molecule has 4 nitrogen and oxygen atoms in total. The molecule has 2 N–H and O–H groups in total. The maximum Gasteiger partial charge on any atom is 0.248 e. The molecule has 1 heterocycles. The highest BCUT2D eigenvalue weighted by atomic mass is 16.3. The second kappa shape index (κ2) is 6.02. The van der Waals surface area contributed by atoms with E-state index >= 15 is 0 Å². The van der Waals surface area contributed by atoms with Crippen molar-refractivity contribution in [1.29, 1.82) is 0 Å². The molecule has 0 unspecified atom stereocenters. The van der Waals surface area contributed by atoms with Crippen molar-refractivity contribution >= 4 is 17.7 Å². The zero-order valence-electron chi connectivity index (χ0n) is 10.6. The average Bonchev–Trinajstić information content (AvgIpc) is 2.83. The summed E-state index contributed by atoms with van der Waals surface area (Å²) in [4.78, 5) is 11.7. The van der Waals surface area contributed by atoms with E-state index in [4.69, 9.17) is 9.52 Å². The van der Waals surface area contributed by atoms with Gasteiger partial charge in [-0.25, -0.2) is 0 Å². The molecule has 0 aliphatic rings. The lowest BCUT2D eigenvalue weighted by Gasteiger charge is -2.02. The minimum Gasteiger partial charge on any atom is -0.462 e. The van der Waals surface area contributed by atoms with Crippen LogP contribution in [0.25, 0.3) is 6.08 Å². The Bertz CT molecular complexity index is 582. The number of carbonyl (C=O) groups excluding carboxylic acids is 1. The van der Waals surface area contributed by atoms with E-state index < -0.39 is 0 Å². The number of hydrogen-bond acceptors (Lipinski definition) is 3. The van der Waals surface area contributed by atoms with Gasteiger partial charge in [0, 0.05) is 11.8 Å². The number of furan rings is 1. The zero-order chi connectivity index (χ0) is 13.7. The Morgan fingerprint density at radius 3 is 2.58 bits per heavy atom. The number of aliphatic hydroxyl groups excluding tert-OH is 1. The molecule has 0 spiro atoms. The third-order valence-electron chi connectivity index (χ3n) is 2.56. The van der Waals surface area contributed by atoms with E-state index in [9.17, 15) is 4.79 Å². The summed E-state index contributed by atoms with van der Waals surface area (Å²) in [5, 5.41) is 11.6. The summed E-state index contributed by atoms with van der Waals surface area (Å²) in [7, 11) is 0. The predicted octanol–water partition coefficient (Wildman–Crippen LogP) is 2.73. The van der Waals surface area contributed by atoms with Crippen LogP contribution in [0.2, 0.25) is 0 Å². The molecule has 1 amide bonds. The Morgan fingerprint density at radius 2 is 2.00 bits per heavy atom. The van der Waals surface area contributed by atoms with Gasteiger partial charge in [-0.15, -0.1) is 0 Å². The smallest absolute Gasteiger partial charge is 0.248 e. The van der Waals surface area contributed by atoms with Crippen molar-refractivity contribution in [2.45, 2.75) is 13.5 Å². The molecule has 0 radical (unpaired) electrons. The van der Waals surface area contributed by atoms with E-state index in [1.807, 2.05) is 13.0 Å². The molecule has 4 heteroatoms. The summed E-state index contributed by atoms with van der Waals surface area (Å²) in [5.41, 5.74) is 1.49. The lowest BCUT2D eigenvalue weighted by atomic mass is 10.2. The summed E-state index contributed by atoms with van der Waals surface area (Å²) >= 11 is 0. The first-order chi connectivity index (χ1) is 9.17. The van der Waals surface area contributed by atoms with Crippen LogP contribution >= 0.6 is 0 Å². The Hall–Kier alpha value is -2.33. The fourth-order valence-corrected chi connectivity index (χ4v) is 1.58. The topological polar surface area (TPSA) is 62.5 Å². The molecule has 0 fully saturated rings. The molecule has 2 rings (SSSR count). The molecule has 0 atom stereocenters. The number of carbonyl (C=O) groups is 1. The molecular weight excluding hydrogens is 242 g/mol. The lowest BCUT2D eigenvalue weighted by molar-refractivity contribution is -0.111. The van der Waals surface area contributed by atoms with E-state index in [1.54, 1.807) is 36.4 Å². The number of benzene rings is 1. The monoisotopic (exact) mass is 257 g/mol. The van der Waals surface area contributed by atoms with Gasteiger partial charge in [0.05, 0.1) is 6.61 Å². The molecule has 1 aromatic carbocycles. The van der Waals surface area contributed by atoms with Crippen LogP contribution in [0.1, 0.15) is 17.1 Å². The van der Waals surface area contributed by atoms with Crippen LogP contribution in [0.4, 0.5) is 5.69 Å². The van der Waals surface area contributed by atoms with Crippen LogP contribution in [0.3, 0.4) is 0 Å². The van der Waals surface area contributed by atoms with Crippen molar-refractivity contribution < 1.29 is 14.3 Å². The zero-order valence-corrected chi connectivity index (χ0v) is 10.6. The highest BCUT2D eigenvalue weighted by Crippen LogP contribution is 2.11. The van der Waals surface area contributed by atoms with Gasteiger partial charge in [0.1, 0.15) is 11.5 Å². The summed E-state index contributed by atoms with van der Waals surface area (Å²) in [5.74, 6) is 1.22. The quantitative estimate of drug-likeness (QED) is 0.828. The van der Waals surface area contributed by atoms with Crippen molar-refractivity contribution in [1.82, 2.24) is 0 Å². The Morgan fingerprint density at radius 1 is 1.26 bits per heavy atom. The number of aryl methyl sites for hydroxylation is 1. The van der Waals surface area contributed by atoms with Crippen LogP contribution < -0.4 is 5.32 Å². The minimum absolute atomic E-state index is 0.00796. The van der Waals surface area contributed by atoms with E-state index in [0.29, 0.717) is 11.4 Å². The van der Waals surface area contributed by atoms with Gasteiger partial charge in [-0.05, 0) is 42.8 Å². The third kappa shape index (κ3) is 3.82. The van der Waals surface area contributed by atoms with Crippen molar-refractivity contribution in [2.75, 3.05) is 5.32 Å². The van der Waals surface area contributed by atoms with E-state index in [0.717, 1.165) is 11.3 Å². The summed E-state index contributed by atoms with van der Waals surface area (Å²) in [6.45, 7) is 1.84. The second-order valence-corrected chi connectivity index (χ2v) is 4.13. The molecule has 0 saturated heterocycles. The summed E-state index contributed by atoms with van der Waals surface area (Å²) in [6, 6.07) is 10.6. The van der Waals surface area contributed by atoms with Crippen LogP contribution in [0.15, 0.2) is 46.9 Å². The van der Waals surface area contributed by atoms with Crippen molar-refractivity contribution in [2.24, 2.45) is 0 Å². The standard InChI is InChI=1S/C15H15NO3/c1-11-2-7-14(19-11)8-9-15(18)16-13-5-3-12(10-17)4-6-13/h2-9,17H,10H2,1H3,(H,16,18). The Labute approximate surface area is 111 Å². The Kier molecular flexibility index (Phi) is 4.15. The van der Waals surface area contributed by atoms with Crippen LogP contribution in [-0.2, 0) is 11.4 Å². The maximum absolute atomic E-state index is 11.7. The highest BCUT2D eigenvalue weighted by Gasteiger charge is 1.99. The van der Waals surface area contributed by atoms with Crippen LogP contribution in [-0.4, -0.2) is 11.0 Å². The van der Waals surface area contributed by atoms with E-state index in [1.165, 1.54) is 6.08 Å². The maximum atomic E-state index is 11.7. The van der Waals surface area contributed by atoms with Crippen LogP contribution in [0, 0.1) is 6.92 Å². The fraction of sp³-hybridized carbons (Fsp3) is 0.133. The Balaban J connectivity index is 1.95. The van der Waals surface area contributed by atoms with Crippen molar-refractivity contribution in [3.05, 3.63) is 59.6 Å². The molecule has 0 bridgehead atoms. The van der Waals surface area contributed by atoms with Crippen molar-refractivity contribution in [3.8, 4) is 0 Å². The first-order valence-corrected chi connectivity index (χ1v) is 5.92. The van der Waals surface area contributed by atoms with Gasteiger partial charge in [0.15, 0.2) is 0 Å².